The van der Waals surface area contributed by atoms with Crippen LogP contribution in [0.4, 0.5) is 5.69 Å². The van der Waals surface area contributed by atoms with Gasteiger partial charge in [-0.3, -0.25) is 9.36 Å². The van der Waals surface area contributed by atoms with Crippen molar-refractivity contribution in [2.75, 3.05) is 5.32 Å². The summed E-state index contributed by atoms with van der Waals surface area (Å²) >= 11 is 5.25. The summed E-state index contributed by atoms with van der Waals surface area (Å²) < 4.78 is 4.08. The third-order valence-electron chi connectivity index (χ3n) is 4.99. The summed E-state index contributed by atoms with van der Waals surface area (Å²) in [6.07, 6.45) is 5.94. The minimum Gasteiger partial charge on any atom is -0.337 e. The van der Waals surface area contributed by atoms with Crippen molar-refractivity contribution in [1.29, 1.82) is 5.26 Å². The largest absolute Gasteiger partial charge is 0.337 e. The Morgan fingerprint density at radius 3 is 2.93 bits per heavy atom. The maximum Gasteiger partial charge on any atom is 0.224 e. The molecule has 2 N–H and O–H groups in total. The number of hydrogen-bond acceptors (Lipinski definition) is 5. The molecule has 0 aliphatic heterocycles. The van der Waals surface area contributed by atoms with Gasteiger partial charge in [-0.25, -0.2) is 9.50 Å². The lowest BCUT2D eigenvalue weighted by molar-refractivity contribution is -0.116. The van der Waals surface area contributed by atoms with Crippen molar-refractivity contribution in [2.45, 2.75) is 26.7 Å². The summed E-state index contributed by atoms with van der Waals surface area (Å²) in [6.45, 7) is 3.81. The Morgan fingerprint density at radius 1 is 1.37 bits per heavy atom. The zero-order valence-electron chi connectivity index (χ0n) is 16.5. The van der Waals surface area contributed by atoms with Crippen LogP contribution >= 0.6 is 12.2 Å². The number of rotatable bonds is 5. The number of H-pyrrole nitrogens is 1. The number of fused-ring (bicyclic) bond motifs is 1. The van der Waals surface area contributed by atoms with Crippen LogP contribution in [0.5, 0.6) is 0 Å². The smallest absolute Gasteiger partial charge is 0.224 e. The van der Waals surface area contributed by atoms with Gasteiger partial charge in [-0.1, -0.05) is 6.07 Å². The normalized spacial score (nSPS) is 10.8. The highest BCUT2D eigenvalue weighted by Gasteiger charge is 2.15. The number of benzene rings is 1. The second-order valence-corrected chi connectivity index (χ2v) is 7.29. The third-order valence-corrected chi connectivity index (χ3v) is 5.30. The summed E-state index contributed by atoms with van der Waals surface area (Å²) in [6, 6.07) is 9.61. The van der Waals surface area contributed by atoms with Crippen LogP contribution in [0.3, 0.4) is 0 Å². The van der Waals surface area contributed by atoms with Crippen LogP contribution in [-0.4, -0.2) is 30.1 Å². The number of aromatic amines is 1. The molecule has 1 aromatic carbocycles. The van der Waals surface area contributed by atoms with E-state index in [-0.39, 0.29) is 5.91 Å². The average Bonchev–Trinajstić information content (AvgIpc) is 3.33. The van der Waals surface area contributed by atoms with E-state index in [1.807, 2.05) is 48.9 Å². The first-order valence-electron chi connectivity index (χ1n) is 9.38. The van der Waals surface area contributed by atoms with E-state index in [1.54, 1.807) is 10.7 Å². The number of aromatic nitrogens is 5. The van der Waals surface area contributed by atoms with E-state index in [0.29, 0.717) is 34.5 Å². The quantitative estimate of drug-likeness (QED) is 0.483. The first-order chi connectivity index (χ1) is 14.5. The molecule has 8 nitrogen and oxygen atoms in total. The summed E-state index contributed by atoms with van der Waals surface area (Å²) in [7, 11) is 0. The van der Waals surface area contributed by atoms with Gasteiger partial charge >= 0.3 is 0 Å². The molecule has 1 amide bonds. The Morgan fingerprint density at radius 2 is 2.20 bits per heavy atom. The van der Waals surface area contributed by atoms with Crippen molar-refractivity contribution >= 4 is 29.5 Å². The lowest BCUT2D eigenvalue weighted by Gasteiger charge is -2.12. The molecule has 0 spiro atoms. The molecule has 0 saturated carbocycles. The van der Waals surface area contributed by atoms with Crippen LogP contribution in [0.25, 0.3) is 11.3 Å². The van der Waals surface area contributed by atoms with Crippen LogP contribution < -0.4 is 5.32 Å². The molecule has 0 radical (unpaired) electrons. The molecule has 30 heavy (non-hydrogen) atoms. The number of aryl methyl sites for hydroxylation is 2. The van der Waals surface area contributed by atoms with Gasteiger partial charge in [0.1, 0.15) is 11.6 Å². The topological polar surface area (TPSA) is 104 Å². The van der Waals surface area contributed by atoms with Gasteiger partial charge in [0.15, 0.2) is 10.4 Å². The van der Waals surface area contributed by atoms with Crippen molar-refractivity contribution in [3.63, 3.8) is 0 Å². The molecular weight excluding hydrogens is 398 g/mol. The number of hydrogen-bond donors (Lipinski definition) is 2. The van der Waals surface area contributed by atoms with Gasteiger partial charge in [-0.15, -0.1) is 0 Å². The lowest BCUT2D eigenvalue weighted by atomic mass is 10.1. The highest BCUT2D eigenvalue weighted by molar-refractivity contribution is 7.71. The van der Waals surface area contributed by atoms with E-state index in [2.05, 4.69) is 26.5 Å². The number of carbonyl (C=O) groups is 1. The number of nitrogens with one attached hydrogen (secondary N) is 2. The Labute approximate surface area is 177 Å². The highest BCUT2D eigenvalue weighted by atomic mass is 32.1. The fourth-order valence-corrected chi connectivity index (χ4v) is 3.71. The molecule has 0 aliphatic rings. The van der Waals surface area contributed by atoms with Crippen LogP contribution in [0.15, 0.2) is 42.9 Å². The zero-order valence-corrected chi connectivity index (χ0v) is 17.3. The molecule has 9 heteroatoms. The van der Waals surface area contributed by atoms with Crippen LogP contribution in [-0.2, 0) is 11.2 Å². The minimum atomic E-state index is -0.0955. The molecule has 0 atom stereocenters. The first-order valence-corrected chi connectivity index (χ1v) is 9.79. The molecule has 0 unspecified atom stereocenters. The second-order valence-electron chi connectivity index (χ2n) is 6.90. The summed E-state index contributed by atoms with van der Waals surface area (Å²) in [5.41, 5.74) is 5.19. The van der Waals surface area contributed by atoms with Crippen molar-refractivity contribution < 1.29 is 4.79 Å². The maximum atomic E-state index is 12.6. The molecule has 4 aromatic rings. The molecule has 0 aliphatic carbocycles. The Hall–Kier alpha value is -3.77. The van der Waals surface area contributed by atoms with Crippen molar-refractivity contribution in [3.05, 3.63) is 70.1 Å². The monoisotopic (exact) mass is 417 g/mol. The van der Waals surface area contributed by atoms with Gasteiger partial charge in [0.25, 0.3) is 0 Å². The van der Waals surface area contributed by atoms with Gasteiger partial charge in [0, 0.05) is 41.6 Å². The van der Waals surface area contributed by atoms with E-state index >= 15 is 0 Å². The number of anilines is 1. The number of nitrogens with zero attached hydrogens (tertiary/aromatic N) is 5. The third kappa shape index (κ3) is 3.60. The molecule has 3 aromatic heterocycles. The summed E-state index contributed by atoms with van der Waals surface area (Å²) in [4.78, 5) is 20.0. The summed E-state index contributed by atoms with van der Waals surface area (Å²) in [5.74, 6) is -0.0955. The second kappa shape index (κ2) is 7.93. The molecule has 0 fully saturated rings. The van der Waals surface area contributed by atoms with E-state index in [1.165, 1.54) is 6.20 Å². The van der Waals surface area contributed by atoms with Crippen LogP contribution in [0, 0.1) is 29.9 Å². The Balaban J connectivity index is 1.49. The van der Waals surface area contributed by atoms with Gasteiger partial charge in [0.2, 0.25) is 5.91 Å². The molecule has 0 bridgehead atoms. The number of imidazole rings is 1. The van der Waals surface area contributed by atoms with Gasteiger partial charge < -0.3 is 10.3 Å². The maximum absolute atomic E-state index is 12.6. The van der Waals surface area contributed by atoms with E-state index in [0.717, 1.165) is 22.6 Å². The zero-order chi connectivity index (χ0) is 21.3. The number of carbonyl (C=O) groups excluding carboxylic acids is 1. The predicted molar refractivity (Wildman–Crippen MR) is 115 cm³/mol. The van der Waals surface area contributed by atoms with E-state index in [9.17, 15) is 10.1 Å². The Bertz CT molecular complexity index is 1360. The molecular formula is C21H19N7OS. The van der Waals surface area contributed by atoms with Crippen molar-refractivity contribution in [1.82, 2.24) is 24.1 Å². The van der Waals surface area contributed by atoms with Gasteiger partial charge in [-0.05, 0) is 56.2 Å². The Kier molecular flexibility index (Phi) is 5.16. The van der Waals surface area contributed by atoms with Gasteiger partial charge in [0.05, 0.1) is 6.20 Å². The van der Waals surface area contributed by atoms with Crippen molar-refractivity contribution in [2.24, 2.45) is 0 Å². The average molecular weight is 417 g/mol. The molecule has 3 heterocycles. The van der Waals surface area contributed by atoms with Crippen LogP contribution in [0.2, 0.25) is 0 Å². The number of nitriles is 1. The van der Waals surface area contributed by atoms with E-state index < -0.39 is 0 Å². The minimum absolute atomic E-state index is 0.0955. The van der Waals surface area contributed by atoms with E-state index in [4.69, 9.17) is 12.2 Å². The molecule has 0 saturated heterocycles. The fourth-order valence-electron chi connectivity index (χ4n) is 3.47. The SMILES string of the molecule is Cc1nc2c(C#N)cnn2c(C)c1CCC(=O)Nc1cccc(-n2cc[nH]c2=S)c1. The molecule has 4 rings (SSSR count). The first kappa shape index (κ1) is 19.5. The number of amides is 1. The van der Waals surface area contributed by atoms with Crippen molar-refractivity contribution in [3.8, 4) is 11.8 Å². The van der Waals surface area contributed by atoms with Gasteiger partial charge in [-0.2, -0.15) is 10.4 Å². The molecule has 150 valence electrons. The standard InChI is InChI=1S/C21H19N7OS/c1-13-18(14(2)28-20(25-13)15(11-22)12-24-28)6-7-19(29)26-16-4-3-5-17(10-16)27-9-8-23-21(27)30/h3-5,8-10,12H,6-7H2,1-2H3,(H,23,30)(H,26,29). The summed E-state index contributed by atoms with van der Waals surface area (Å²) in [5, 5.41) is 16.4. The predicted octanol–water partition coefficient (Wildman–Crippen LogP) is 3.64. The van der Waals surface area contributed by atoms with Crippen LogP contribution in [0.1, 0.15) is 28.9 Å². The fraction of sp³-hybridized carbons (Fsp3) is 0.190. The highest BCUT2D eigenvalue weighted by Crippen LogP contribution is 2.19. The lowest BCUT2D eigenvalue weighted by Crippen LogP contribution is -2.14.